The van der Waals surface area contributed by atoms with Crippen molar-refractivity contribution in [1.29, 1.82) is 0 Å². The van der Waals surface area contributed by atoms with Gasteiger partial charge in [-0.2, -0.15) is 0 Å². The number of benzene rings is 2. The van der Waals surface area contributed by atoms with Gasteiger partial charge in [-0.25, -0.2) is 13.6 Å². The zero-order valence-corrected chi connectivity index (χ0v) is 10.8. The molecule has 0 unspecified atom stereocenters. The molecule has 0 bridgehead atoms. The van der Waals surface area contributed by atoms with E-state index in [1.807, 2.05) is 0 Å². The third-order valence-corrected chi connectivity index (χ3v) is 2.80. The molecule has 21 heavy (non-hydrogen) atoms. The molecule has 6 heteroatoms. The zero-order chi connectivity index (χ0) is 15.4. The molecule has 0 radical (unpaired) electrons. The molecule has 2 aromatic rings. The zero-order valence-electron chi connectivity index (χ0n) is 10.8. The van der Waals surface area contributed by atoms with Crippen molar-refractivity contribution in [3.8, 4) is 0 Å². The van der Waals surface area contributed by atoms with Crippen LogP contribution < -0.4 is 5.32 Å². The highest BCUT2D eigenvalue weighted by Crippen LogP contribution is 2.16. The number of hydrogen-bond acceptors (Lipinski definition) is 2. The van der Waals surface area contributed by atoms with Gasteiger partial charge in [0.05, 0.1) is 17.7 Å². The Bertz CT molecular complexity index is 701. The lowest BCUT2D eigenvalue weighted by atomic mass is 10.1. The summed E-state index contributed by atoms with van der Waals surface area (Å²) in [6, 6.07) is 8.79. The van der Waals surface area contributed by atoms with Crippen LogP contribution in [0.3, 0.4) is 0 Å². The largest absolute Gasteiger partial charge is 0.478 e. The van der Waals surface area contributed by atoms with Gasteiger partial charge in [0.15, 0.2) is 0 Å². The first-order valence-electron chi connectivity index (χ1n) is 6.03. The Balaban J connectivity index is 2.14. The highest BCUT2D eigenvalue weighted by Gasteiger charge is 2.13. The maximum Gasteiger partial charge on any atom is 0.337 e. The van der Waals surface area contributed by atoms with Crippen LogP contribution in [0.4, 0.5) is 14.5 Å². The van der Waals surface area contributed by atoms with E-state index in [9.17, 15) is 18.4 Å². The average molecular weight is 291 g/mol. The smallest absolute Gasteiger partial charge is 0.337 e. The van der Waals surface area contributed by atoms with Crippen LogP contribution in [-0.4, -0.2) is 17.0 Å². The van der Waals surface area contributed by atoms with Crippen molar-refractivity contribution in [2.24, 2.45) is 0 Å². The van der Waals surface area contributed by atoms with Gasteiger partial charge in [0.25, 0.3) is 0 Å². The van der Waals surface area contributed by atoms with Gasteiger partial charge in [0.1, 0.15) is 11.6 Å². The number of rotatable bonds is 4. The van der Waals surface area contributed by atoms with Gasteiger partial charge in [0, 0.05) is 6.07 Å². The number of anilines is 1. The van der Waals surface area contributed by atoms with Gasteiger partial charge >= 0.3 is 5.97 Å². The summed E-state index contributed by atoms with van der Waals surface area (Å²) in [6.45, 7) is 0. The number of hydrogen-bond donors (Lipinski definition) is 2. The summed E-state index contributed by atoms with van der Waals surface area (Å²) >= 11 is 0. The standard InChI is InChI=1S/C15H11F2NO3/c16-10-6-5-9(12(17)8-10)7-14(19)18-13-4-2-1-3-11(13)15(20)21/h1-6,8H,7H2,(H,18,19)(H,20,21). The van der Waals surface area contributed by atoms with Crippen LogP contribution in [0.2, 0.25) is 0 Å². The lowest BCUT2D eigenvalue weighted by Crippen LogP contribution is -2.17. The predicted octanol–water partition coefficient (Wildman–Crippen LogP) is 2.84. The lowest BCUT2D eigenvalue weighted by Gasteiger charge is -2.08. The summed E-state index contributed by atoms with van der Waals surface area (Å²) in [7, 11) is 0. The highest BCUT2D eigenvalue weighted by molar-refractivity contribution is 6.00. The number of para-hydroxylation sites is 1. The number of amides is 1. The Kier molecular flexibility index (Phi) is 4.27. The first-order chi connectivity index (χ1) is 9.97. The van der Waals surface area contributed by atoms with Crippen LogP contribution >= 0.6 is 0 Å². The van der Waals surface area contributed by atoms with Gasteiger partial charge < -0.3 is 10.4 Å². The summed E-state index contributed by atoms with van der Waals surface area (Å²) in [5.74, 6) is -3.32. The molecule has 0 aliphatic carbocycles. The molecule has 4 nitrogen and oxygen atoms in total. The molecule has 0 heterocycles. The first-order valence-corrected chi connectivity index (χ1v) is 6.03. The molecule has 2 rings (SSSR count). The Hall–Kier alpha value is -2.76. The minimum atomic E-state index is -1.18. The Labute approximate surface area is 119 Å². The second kappa shape index (κ2) is 6.13. The van der Waals surface area contributed by atoms with Crippen molar-refractivity contribution < 1.29 is 23.5 Å². The van der Waals surface area contributed by atoms with E-state index in [1.165, 1.54) is 24.3 Å². The number of halogens is 2. The van der Waals surface area contributed by atoms with Gasteiger partial charge in [0.2, 0.25) is 5.91 Å². The van der Waals surface area contributed by atoms with Crippen molar-refractivity contribution in [3.05, 3.63) is 65.2 Å². The summed E-state index contributed by atoms with van der Waals surface area (Å²) in [4.78, 5) is 22.8. The fraction of sp³-hybridized carbons (Fsp3) is 0.0667. The maximum absolute atomic E-state index is 13.4. The van der Waals surface area contributed by atoms with E-state index in [1.54, 1.807) is 6.07 Å². The number of nitrogens with one attached hydrogen (secondary N) is 1. The highest BCUT2D eigenvalue weighted by atomic mass is 19.1. The van der Waals surface area contributed by atoms with Crippen LogP contribution in [-0.2, 0) is 11.2 Å². The van der Waals surface area contributed by atoms with Crippen LogP contribution in [0.1, 0.15) is 15.9 Å². The van der Waals surface area contributed by atoms with Gasteiger partial charge in [-0.1, -0.05) is 18.2 Å². The van der Waals surface area contributed by atoms with E-state index in [4.69, 9.17) is 5.11 Å². The van der Waals surface area contributed by atoms with Gasteiger partial charge in [-0.3, -0.25) is 4.79 Å². The van der Waals surface area contributed by atoms with Gasteiger partial charge in [-0.05, 0) is 23.8 Å². The molecule has 0 fully saturated rings. The molecular formula is C15H11F2NO3. The molecule has 0 aliphatic heterocycles. The molecule has 0 aromatic heterocycles. The lowest BCUT2D eigenvalue weighted by molar-refractivity contribution is -0.115. The van der Waals surface area contributed by atoms with E-state index >= 15 is 0 Å². The second-order valence-corrected chi connectivity index (χ2v) is 4.31. The number of carboxylic acid groups (broad SMARTS) is 1. The summed E-state index contributed by atoms with van der Waals surface area (Å²) < 4.78 is 26.2. The Morgan fingerprint density at radius 1 is 1.10 bits per heavy atom. The van der Waals surface area contributed by atoms with Crippen molar-refractivity contribution in [3.63, 3.8) is 0 Å². The van der Waals surface area contributed by atoms with Gasteiger partial charge in [-0.15, -0.1) is 0 Å². The Morgan fingerprint density at radius 2 is 1.81 bits per heavy atom. The van der Waals surface area contributed by atoms with Crippen LogP contribution in [0.25, 0.3) is 0 Å². The number of carboxylic acids is 1. The van der Waals surface area contributed by atoms with Crippen LogP contribution in [0.15, 0.2) is 42.5 Å². The fourth-order valence-corrected chi connectivity index (χ4v) is 1.81. The number of aromatic carboxylic acids is 1. The minimum absolute atomic E-state index is 0.0294. The van der Waals surface area contributed by atoms with Crippen LogP contribution in [0.5, 0.6) is 0 Å². The van der Waals surface area contributed by atoms with Crippen molar-refractivity contribution in [2.45, 2.75) is 6.42 Å². The second-order valence-electron chi connectivity index (χ2n) is 4.31. The topological polar surface area (TPSA) is 66.4 Å². The van der Waals surface area contributed by atoms with E-state index < -0.39 is 23.5 Å². The molecule has 2 aromatic carbocycles. The fourth-order valence-electron chi connectivity index (χ4n) is 1.81. The quantitative estimate of drug-likeness (QED) is 0.910. The molecule has 2 N–H and O–H groups in total. The van der Waals surface area contributed by atoms with E-state index in [2.05, 4.69) is 5.32 Å². The molecule has 0 spiro atoms. The minimum Gasteiger partial charge on any atom is -0.478 e. The average Bonchev–Trinajstić information content (AvgIpc) is 2.42. The van der Waals surface area contributed by atoms with Crippen molar-refractivity contribution in [2.75, 3.05) is 5.32 Å². The van der Waals surface area contributed by atoms with Crippen molar-refractivity contribution in [1.82, 2.24) is 0 Å². The van der Waals surface area contributed by atoms with E-state index in [0.29, 0.717) is 6.07 Å². The van der Waals surface area contributed by atoms with E-state index in [-0.39, 0.29) is 23.2 Å². The Morgan fingerprint density at radius 3 is 2.48 bits per heavy atom. The third kappa shape index (κ3) is 3.62. The summed E-state index contributed by atoms with van der Waals surface area (Å²) in [5.41, 5.74) is 0.0876. The molecule has 108 valence electrons. The summed E-state index contributed by atoms with van der Waals surface area (Å²) in [6.07, 6.45) is -0.319. The normalized spacial score (nSPS) is 10.2. The molecule has 0 saturated heterocycles. The molecule has 1 amide bonds. The van der Waals surface area contributed by atoms with Crippen molar-refractivity contribution >= 4 is 17.6 Å². The first kappa shape index (κ1) is 14.6. The molecule has 0 atom stereocenters. The monoisotopic (exact) mass is 291 g/mol. The van der Waals surface area contributed by atoms with Crippen LogP contribution in [0, 0.1) is 11.6 Å². The third-order valence-electron chi connectivity index (χ3n) is 2.80. The predicted molar refractivity (Wildman–Crippen MR) is 72.1 cm³/mol. The molecular weight excluding hydrogens is 280 g/mol. The number of carbonyl (C=O) groups is 2. The molecule has 0 saturated carbocycles. The number of carbonyl (C=O) groups excluding carboxylic acids is 1. The maximum atomic E-state index is 13.4. The SMILES string of the molecule is O=C(Cc1ccc(F)cc1F)Nc1ccccc1C(=O)O. The van der Waals surface area contributed by atoms with E-state index in [0.717, 1.165) is 6.07 Å². The summed E-state index contributed by atoms with van der Waals surface area (Å²) in [5, 5.41) is 11.4. The molecule has 0 aliphatic rings.